The quantitative estimate of drug-likeness (QED) is 0.767. The maximum absolute atomic E-state index is 12.9. The number of rotatable bonds is 7. The second-order valence-electron chi connectivity index (χ2n) is 5.98. The fourth-order valence-corrected chi connectivity index (χ4v) is 3.19. The van der Waals surface area contributed by atoms with E-state index in [9.17, 15) is 14.7 Å². The molecular weight excluding hydrogens is 334 g/mol. The molecule has 6 nitrogen and oxygen atoms in total. The highest BCUT2D eigenvalue weighted by molar-refractivity contribution is 6.15. The van der Waals surface area contributed by atoms with Gasteiger partial charge in [-0.15, -0.1) is 0 Å². The van der Waals surface area contributed by atoms with Crippen molar-refractivity contribution in [3.05, 3.63) is 65.3 Å². The predicted octanol–water partition coefficient (Wildman–Crippen LogP) is 3.67. The van der Waals surface area contributed by atoms with Gasteiger partial charge >= 0.3 is 0 Å². The summed E-state index contributed by atoms with van der Waals surface area (Å²) in [7, 11) is 0. The van der Waals surface area contributed by atoms with Crippen molar-refractivity contribution in [2.45, 2.75) is 26.3 Å². The summed E-state index contributed by atoms with van der Waals surface area (Å²) in [5, 5.41) is 10.4. The number of hydrogen-bond donors (Lipinski definition) is 1. The standard InChI is InChI=1S/C20H21NO5/c1-3-10-21-17(13-7-5-8-14(12-13)25-4-2)16(19(23)20(21)24)18(22)15-9-6-11-26-15/h5-9,11-12,17,23H,3-4,10H2,1-2H3. The van der Waals surface area contributed by atoms with Gasteiger partial charge in [0.25, 0.3) is 5.91 Å². The summed E-state index contributed by atoms with van der Waals surface area (Å²) in [4.78, 5) is 27.0. The number of nitrogens with zero attached hydrogens (tertiary/aromatic N) is 1. The number of carbonyl (C=O) groups is 2. The lowest BCUT2D eigenvalue weighted by Gasteiger charge is -2.26. The Hall–Kier alpha value is -3.02. The first-order valence-electron chi connectivity index (χ1n) is 8.63. The molecule has 1 aromatic heterocycles. The van der Waals surface area contributed by atoms with Crippen LogP contribution in [0.15, 0.2) is 58.4 Å². The Labute approximate surface area is 151 Å². The number of hydrogen-bond acceptors (Lipinski definition) is 5. The number of Topliss-reactive ketones (excluding diaryl/α,β-unsaturated/α-hetero) is 1. The highest BCUT2D eigenvalue weighted by Gasteiger charge is 2.44. The smallest absolute Gasteiger partial charge is 0.290 e. The molecule has 1 aromatic carbocycles. The average Bonchev–Trinajstić information content (AvgIpc) is 3.25. The summed E-state index contributed by atoms with van der Waals surface area (Å²) < 4.78 is 10.7. The van der Waals surface area contributed by atoms with E-state index in [4.69, 9.17) is 9.15 Å². The van der Waals surface area contributed by atoms with Crippen molar-refractivity contribution in [1.29, 1.82) is 0 Å². The van der Waals surface area contributed by atoms with E-state index >= 15 is 0 Å². The summed E-state index contributed by atoms with van der Waals surface area (Å²) in [6.07, 6.45) is 2.08. The maximum Gasteiger partial charge on any atom is 0.290 e. The van der Waals surface area contributed by atoms with Crippen LogP contribution in [0, 0.1) is 0 Å². The minimum atomic E-state index is -0.680. The number of aliphatic hydroxyl groups is 1. The third-order valence-corrected chi connectivity index (χ3v) is 4.24. The number of carbonyl (C=O) groups excluding carboxylic acids is 2. The lowest BCUT2D eigenvalue weighted by atomic mass is 9.95. The number of ketones is 1. The van der Waals surface area contributed by atoms with Crippen molar-refractivity contribution >= 4 is 11.7 Å². The molecule has 3 rings (SSSR count). The lowest BCUT2D eigenvalue weighted by molar-refractivity contribution is -0.129. The van der Waals surface area contributed by atoms with Gasteiger partial charge in [0.15, 0.2) is 11.5 Å². The first-order valence-corrected chi connectivity index (χ1v) is 8.63. The van der Waals surface area contributed by atoms with E-state index in [-0.39, 0.29) is 11.3 Å². The number of aliphatic hydroxyl groups excluding tert-OH is 1. The van der Waals surface area contributed by atoms with Gasteiger partial charge < -0.3 is 19.2 Å². The van der Waals surface area contributed by atoms with E-state index in [1.807, 2.05) is 26.0 Å². The van der Waals surface area contributed by atoms with Crippen molar-refractivity contribution < 1.29 is 23.8 Å². The van der Waals surface area contributed by atoms with Crippen molar-refractivity contribution in [3.8, 4) is 5.75 Å². The molecule has 0 saturated heterocycles. The minimum absolute atomic E-state index is 0.0343. The van der Waals surface area contributed by atoms with Gasteiger partial charge in [-0.25, -0.2) is 0 Å². The third-order valence-electron chi connectivity index (χ3n) is 4.24. The highest BCUT2D eigenvalue weighted by atomic mass is 16.5. The van der Waals surface area contributed by atoms with Crippen LogP contribution in [-0.2, 0) is 4.79 Å². The highest BCUT2D eigenvalue weighted by Crippen LogP contribution is 2.39. The summed E-state index contributed by atoms with van der Waals surface area (Å²) in [6.45, 7) is 4.74. The van der Waals surface area contributed by atoms with Gasteiger partial charge in [-0.2, -0.15) is 0 Å². The van der Waals surface area contributed by atoms with Gasteiger partial charge in [0.05, 0.1) is 24.5 Å². The van der Waals surface area contributed by atoms with Crippen LogP contribution >= 0.6 is 0 Å². The van der Waals surface area contributed by atoms with E-state index in [2.05, 4.69) is 0 Å². The molecule has 0 fully saturated rings. The fourth-order valence-electron chi connectivity index (χ4n) is 3.19. The monoisotopic (exact) mass is 355 g/mol. The first kappa shape index (κ1) is 17.8. The van der Waals surface area contributed by atoms with Crippen LogP contribution < -0.4 is 4.74 Å². The van der Waals surface area contributed by atoms with Crippen LogP contribution in [0.5, 0.6) is 5.75 Å². The van der Waals surface area contributed by atoms with Crippen molar-refractivity contribution in [2.75, 3.05) is 13.2 Å². The molecule has 0 spiro atoms. The van der Waals surface area contributed by atoms with E-state index in [0.29, 0.717) is 30.9 Å². The largest absolute Gasteiger partial charge is 0.503 e. The molecule has 1 aliphatic rings. The molecule has 0 bridgehead atoms. The Balaban J connectivity index is 2.08. The van der Waals surface area contributed by atoms with Crippen LogP contribution in [0.3, 0.4) is 0 Å². The molecule has 6 heteroatoms. The summed E-state index contributed by atoms with van der Waals surface area (Å²) in [6, 6.07) is 9.65. The SMILES string of the molecule is CCCN1C(=O)C(O)=C(C(=O)c2ccco2)C1c1cccc(OCC)c1. The Morgan fingerprint density at radius 3 is 2.73 bits per heavy atom. The van der Waals surface area contributed by atoms with Crippen molar-refractivity contribution in [2.24, 2.45) is 0 Å². The Morgan fingerprint density at radius 1 is 1.27 bits per heavy atom. The molecular formula is C20H21NO5. The molecule has 0 aliphatic carbocycles. The maximum atomic E-state index is 12.9. The molecule has 1 N–H and O–H groups in total. The van der Waals surface area contributed by atoms with Gasteiger partial charge in [-0.05, 0) is 43.2 Å². The zero-order valence-corrected chi connectivity index (χ0v) is 14.8. The predicted molar refractivity (Wildman–Crippen MR) is 95.0 cm³/mol. The molecule has 1 aliphatic heterocycles. The normalized spacial score (nSPS) is 17.1. The molecule has 136 valence electrons. The second kappa shape index (κ2) is 7.47. The van der Waals surface area contributed by atoms with Gasteiger partial charge in [-0.1, -0.05) is 19.1 Å². The molecule has 26 heavy (non-hydrogen) atoms. The van der Waals surface area contributed by atoms with E-state index < -0.39 is 23.5 Å². The topological polar surface area (TPSA) is 80.0 Å². The lowest BCUT2D eigenvalue weighted by Crippen LogP contribution is -2.31. The number of benzene rings is 1. The molecule has 2 heterocycles. The minimum Gasteiger partial charge on any atom is -0.503 e. The summed E-state index contributed by atoms with van der Waals surface area (Å²) in [5.74, 6) is -0.833. The van der Waals surface area contributed by atoms with Crippen LogP contribution in [0.25, 0.3) is 0 Å². The summed E-state index contributed by atoms with van der Waals surface area (Å²) >= 11 is 0. The van der Waals surface area contributed by atoms with Crippen molar-refractivity contribution in [1.82, 2.24) is 4.90 Å². The zero-order chi connectivity index (χ0) is 18.7. The van der Waals surface area contributed by atoms with Crippen molar-refractivity contribution in [3.63, 3.8) is 0 Å². The second-order valence-corrected chi connectivity index (χ2v) is 5.98. The van der Waals surface area contributed by atoms with Gasteiger partial charge in [0, 0.05) is 6.54 Å². The molecule has 1 amide bonds. The van der Waals surface area contributed by atoms with Gasteiger partial charge in [0.1, 0.15) is 5.75 Å². The van der Waals surface area contributed by atoms with Crippen LogP contribution in [-0.4, -0.2) is 34.8 Å². The molecule has 0 radical (unpaired) electrons. The fraction of sp³-hybridized carbons (Fsp3) is 0.300. The molecule has 2 aromatic rings. The Morgan fingerprint density at radius 2 is 2.08 bits per heavy atom. The Kier molecular flexibility index (Phi) is 5.11. The number of furan rings is 1. The van der Waals surface area contributed by atoms with E-state index in [1.54, 1.807) is 18.2 Å². The van der Waals surface area contributed by atoms with E-state index in [1.165, 1.54) is 17.2 Å². The van der Waals surface area contributed by atoms with E-state index in [0.717, 1.165) is 0 Å². The first-order chi connectivity index (χ1) is 12.6. The van der Waals surface area contributed by atoms with Gasteiger partial charge in [0.2, 0.25) is 5.78 Å². The number of ether oxygens (including phenoxy) is 1. The van der Waals surface area contributed by atoms with Crippen LogP contribution in [0.2, 0.25) is 0 Å². The average molecular weight is 355 g/mol. The van der Waals surface area contributed by atoms with Crippen LogP contribution in [0.1, 0.15) is 42.4 Å². The number of amides is 1. The third kappa shape index (κ3) is 3.10. The molecule has 0 saturated carbocycles. The zero-order valence-electron chi connectivity index (χ0n) is 14.8. The van der Waals surface area contributed by atoms with Gasteiger partial charge in [-0.3, -0.25) is 9.59 Å². The van der Waals surface area contributed by atoms with Crippen LogP contribution in [0.4, 0.5) is 0 Å². The summed E-state index contributed by atoms with van der Waals surface area (Å²) in [5.41, 5.74) is 0.740. The molecule has 1 unspecified atom stereocenters. The Bertz CT molecular complexity index is 838. The molecule has 1 atom stereocenters.